The molecule has 0 fully saturated rings. The maximum absolute atomic E-state index is 13.1. The Labute approximate surface area is 163 Å². The van der Waals surface area contributed by atoms with Gasteiger partial charge in [-0.3, -0.25) is 0 Å². The zero-order valence-corrected chi connectivity index (χ0v) is 15.7. The summed E-state index contributed by atoms with van der Waals surface area (Å²) in [5.41, 5.74) is 1.83. The second kappa shape index (κ2) is 8.02. The summed E-state index contributed by atoms with van der Waals surface area (Å²) >= 11 is 3.17. The minimum absolute atomic E-state index is 0.253. The van der Waals surface area contributed by atoms with Crippen LogP contribution in [0.15, 0.2) is 66.0 Å². The van der Waals surface area contributed by atoms with Gasteiger partial charge >= 0.3 is 0 Å². The van der Waals surface area contributed by atoms with Crippen molar-refractivity contribution in [2.24, 2.45) is 0 Å². The van der Waals surface area contributed by atoms with E-state index in [1.807, 2.05) is 6.07 Å². The summed E-state index contributed by atoms with van der Waals surface area (Å²) in [6, 6.07) is 14.4. The first kappa shape index (κ1) is 17.9. The first-order valence-electron chi connectivity index (χ1n) is 8.21. The fourth-order valence-corrected chi connectivity index (χ4v) is 4.54. The SMILES string of the molecule is Fc1ccc(OCCSc2ncnc3cc(-c4ccc(F)cc4)sc23)cc1. The van der Waals surface area contributed by atoms with Crippen LogP contribution >= 0.6 is 23.1 Å². The molecule has 0 saturated carbocycles. The molecule has 3 nitrogen and oxygen atoms in total. The molecule has 2 heterocycles. The Bertz CT molecular complexity index is 1050. The third-order valence-corrected chi connectivity index (χ3v) is 6.07. The molecule has 0 saturated heterocycles. The van der Waals surface area contributed by atoms with E-state index in [9.17, 15) is 8.78 Å². The zero-order valence-electron chi connectivity index (χ0n) is 14.1. The van der Waals surface area contributed by atoms with Crippen LogP contribution in [0.5, 0.6) is 5.75 Å². The van der Waals surface area contributed by atoms with Crippen LogP contribution in [-0.4, -0.2) is 22.3 Å². The van der Waals surface area contributed by atoms with Crippen LogP contribution in [0.3, 0.4) is 0 Å². The van der Waals surface area contributed by atoms with Crippen molar-refractivity contribution in [2.75, 3.05) is 12.4 Å². The number of aromatic nitrogens is 2. The Hall–Kier alpha value is -2.51. The smallest absolute Gasteiger partial charge is 0.123 e. The highest BCUT2D eigenvalue weighted by Gasteiger charge is 2.11. The van der Waals surface area contributed by atoms with Gasteiger partial charge in [0.2, 0.25) is 0 Å². The number of rotatable bonds is 6. The van der Waals surface area contributed by atoms with E-state index in [4.69, 9.17) is 4.74 Å². The van der Waals surface area contributed by atoms with E-state index < -0.39 is 0 Å². The monoisotopic (exact) mass is 400 g/mol. The lowest BCUT2D eigenvalue weighted by molar-refractivity contribution is 0.343. The average molecular weight is 400 g/mol. The number of nitrogens with zero attached hydrogens (tertiary/aromatic N) is 2. The van der Waals surface area contributed by atoms with Gasteiger partial charge in [-0.05, 0) is 48.0 Å². The first-order chi connectivity index (χ1) is 13.2. The third kappa shape index (κ3) is 4.26. The third-order valence-electron chi connectivity index (χ3n) is 3.81. The minimum Gasteiger partial charge on any atom is -0.493 e. The van der Waals surface area contributed by atoms with E-state index in [0.29, 0.717) is 18.1 Å². The highest BCUT2D eigenvalue weighted by molar-refractivity contribution is 7.99. The summed E-state index contributed by atoms with van der Waals surface area (Å²) in [5.74, 6) is 0.805. The highest BCUT2D eigenvalue weighted by atomic mass is 32.2. The van der Waals surface area contributed by atoms with Gasteiger partial charge in [0, 0.05) is 10.6 Å². The Morgan fingerprint density at radius 3 is 2.37 bits per heavy atom. The van der Waals surface area contributed by atoms with Crippen LogP contribution in [0.4, 0.5) is 8.78 Å². The molecule has 4 aromatic rings. The topological polar surface area (TPSA) is 35.0 Å². The lowest BCUT2D eigenvalue weighted by Crippen LogP contribution is -2.00. The van der Waals surface area contributed by atoms with Crippen LogP contribution in [-0.2, 0) is 0 Å². The highest BCUT2D eigenvalue weighted by Crippen LogP contribution is 2.36. The number of hydrogen-bond acceptors (Lipinski definition) is 5. The molecule has 0 aliphatic carbocycles. The molecule has 27 heavy (non-hydrogen) atoms. The van der Waals surface area contributed by atoms with Crippen molar-refractivity contribution < 1.29 is 13.5 Å². The fourth-order valence-electron chi connectivity index (χ4n) is 2.52. The lowest BCUT2D eigenvalue weighted by Gasteiger charge is -2.05. The zero-order chi connectivity index (χ0) is 18.6. The van der Waals surface area contributed by atoms with Crippen molar-refractivity contribution in [1.82, 2.24) is 9.97 Å². The summed E-state index contributed by atoms with van der Waals surface area (Å²) in [5, 5.41) is 0.890. The van der Waals surface area contributed by atoms with E-state index in [1.54, 1.807) is 53.7 Å². The van der Waals surface area contributed by atoms with E-state index >= 15 is 0 Å². The molecule has 0 atom stereocenters. The van der Waals surface area contributed by atoms with E-state index in [0.717, 1.165) is 25.7 Å². The van der Waals surface area contributed by atoms with Crippen LogP contribution in [0.25, 0.3) is 20.7 Å². The Kier molecular flexibility index (Phi) is 5.31. The van der Waals surface area contributed by atoms with Gasteiger partial charge in [-0.2, -0.15) is 0 Å². The molecule has 0 aliphatic heterocycles. The van der Waals surface area contributed by atoms with Crippen molar-refractivity contribution in [3.05, 3.63) is 72.6 Å². The number of thiophene rings is 1. The normalized spacial score (nSPS) is 11.0. The molecule has 136 valence electrons. The number of hydrogen-bond donors (Lipinski definition) is 0. The second-order valence-corrected chi connectivity index (χ2v) is 7.80. The van der Waals surface area contributed by atoms with Gasteiger partial charge in [0.05, 0.1) is 16.8 Å². The van der Waals surface area contributed by atoms with Crippen LogP contribution in [0.2, 0.25) is 0 Å². The summed E-state index contributed by atoms with van der Waals surface area (Å²) < 4.78 is 32.7. The van der Waals surface area contributed by atoms with E-state index in [2.05, 4.69) is 9.97 Å². The number of thioether (sulfide) groups is 1. The standard InChI is InChI=1S/C20H14F2N2OS2/c21-14-3-1-13(2-4-14)18-11-17-19(27-18)20(24-12-23-17)26-10-9-25-16-7-5-15(22)6-8-16/h1-8,11-12H,9-10H2. The Morgan fingerprint density at radius 1 is 0.926 bits per heavy atom. The summed E-state index contributed by atoms with van der Waals surface area (Å²) in [4.78, 5) is 9.74. The average Bonchev–Trinajstić information content (AvgIpc) is 3.12. The van der Waals surface area contributed by atoms with Crippen molar-refractivity contribution in [1.29, 1.82) is 0 Å². The number of ether oxygens (including phenoxy) is 1. The summed E-state index contributed by atoms with van der Waals surface area (Å²) in [6.45, 7) is 0.484. The van der Waals surface area contributed by atoms with Gasteiger partial charge in [-0.25, -0.2) is 18.7 Å². The Morgan fingerprint density at radius 2 is 1.63 bits per heavy atom. The van der Waals surface area contributed by atoms with Crippen molar-refractivity contribution in [2.45, 2.75) is 5.03 Å². The van der Waals surface area contributed by atoms with Gasteiger partial charge in [0.15, 0.2) is 0 Å². The predicted molar refractivity (Wildman–Crippen MR) is 105 cm³/mol. The minimum atomic E-state index is -0.283. The molecule has 0 radical (unpaired) electrons. The van der Waals surface area contributed by atoms with Crippen molar-refractivity contribution >= 4 is 33.3 Å². The number of halogens is 2. The van der Waals surface area contributed by atoms with Crippen LogP contribution in [0.1, 0.15) is 0 Å². The van der Waals surface area contributed by atoms with E-state index in [1.165, 1.54) is 24.3 Å². The Balaban J connectivity index is 1.45. The van der Waals surface area contributed by atoms with E-state index in [-0.39, 0.29) is 11.6 Å². The molecule has 0 amide bonds. The molecule has 4 rings (SSSR count). The summed E-state index contributed by atoms with van der Waals surface area (Å²) in [6.07, 6.45) is 1.55. The molecule has 0 unspecified atom stereocenters. The van der Waals surface area contributed by atoms with Gasteiger partial charge in [-0.15, -0.1) is 23.1 Å². The van der Waals surface area contributed by atoms with Gasteiger partial charge in [-0.1, -0.05) is 12.1 Å². The van der Waals surface area contributed by atoms with Gasteiger partial charge in [0.25, 0.3) is 0 Å². The van der Waals surface area contributed by atoms with Gasteiger partial charge < -0.3 is 4.74 Å². The largest absolute Gasteiger partial charge is 0.493 e. The molecule has 2 aromatic carbocycles. The number of fused-ring (bicyclic) bond motifs is 1. The van der Waals surface area contributed by atoms with Crippen molar-refractivity contribution in [3.8, 4) is 16.2 Å². The predicted octanol–water partition coefficient (Wildman–Crippen LogP) is 5.81. The van der Waals surface area contributed by atoms with Crippen LogP contribution in [0, 0.1) is 11.6 Å². The molecular weight excluding hydrogens is 386 g/mol. The molecular formula is C20H14F2N2OS2. The first-order valence-corrected chi connectivity index (χ1v) is 10.0. The van der Waals surface area contributed by atoms with Gasteiger partial charge in [0.1, 0.15) is 28.7 Å². The molecule has 0 spiro atoms. The lowest BCUT2D eigenvalue weighted by atomic mass is 10.2. The maximum atomic E-state index is 13.1. The maximum Gasteiger partial charge on any atom is 0.123 e. The molecule has 2 aromatic heterocycles. The fraction of sp³-hybridized carbons (Fsp3) is 0.100. The summed E-state index contributed by atoms with van der Waals surface area (Å²) in [7, 11) is 0. The van der Waals surface area contributed by atoms with Crippen LogP contribution < -0.4 is 4.74 Å². The van der Waals surface area contributed by atoms with Crippen molar-refractivity contribution in [3.63, 3.8) is 0 Å². The molecule has 0 N–H and O–H groups in total. The quantitative estimate of drug-likeness (QED) is 0.232. The molecule has 7 heteroatoms. The number of benzene rings is 2. The second-order valence-electron chi connectivity index (χ2n) is 5.66. The molecule has 0 aliphatic rings. The molecule has 0 bridgehead atoms.